The van der Waals surface area contributed by atoms with Gasteiger partial charge in [-0.1, -0.05) is 30.3 Å². The molecule has 2 aromatic rings. The summed E-state index contributed by atoms with van der Waals surface area (Å²) in [6, 6.07) is 14.2. The molecule has 0 unspecified atom stereocenters. The second-order valence-corrected chi connectivity index (χ2v) is 5.79. The number of hydrogen-bond donors (Lipinski definition) is 2. The number of para-hydroxylation sites is 1. The van der Waals surface area contributed by atoms with Gasteiger partial charge in [0.2, 0.25) is 0 Å². The third kappa shape index (κ3) is 3.65. The molecule has 0 aromatic heterocycles. The van der Waals surface area contributed by atoms with Crippen LogP contribution in [0.5, 0.6) is 5.75 Å². The van der Waals surface area contributed by atoms with Crippen molar-refractivity contribution in [2.45, 2.75) is 32.2 Å². The minimum Gasteiger partial charge on any atom is -0.496 e. The van der Waals surface area contributed by atoms with Crippen molar-refractivity contribution in [2.75, 3.05) is 12.4 Å². The van der Waals surface area contributed by atoms with Crippen LogP contribution in [0.25, 0.3) is 0 Å². The van der Waals surface area contributed by atoms with Crippen LogP contribution in [0.2, 0.25) is 0 Å². The molecule has 23 heavy (non-hydrogen) atoms. The van der Waals surface area contributed by atoms with E-state index < -0.39 is 0 Å². The zero-order chi connectivity index (χ0) is 16.1. The van der Waals surface area contributed by atoms with Crippen molar-refractivity contribution in [1.82, 2.24) is 0 Å². The molecule has 0 radical (unpaired) electrons. The summed E-state index contributed by atoms with van der Waals surface area (Å²) >= 11 is 0. The molecule has 0 amide bonds. The van der Waals surface area contributed by atoms with Gasteiger partial charge >= 0.3 is 0 Å². The SMILES string of the molecule is COc1ccccc1CN=C(N)Nc1cccc2c1CCCC2. The van der Waals surface area contributed by atoms with Gasteiger partial charge in [-0.25, -0.2) is 4.99 Å². The molecule has 0 aliphatic heterocycles. The van der Waals surface area contributed by atoms with Gasteiger partial charge in [0.1, 0.15) is 5.75 Å². The van der Waals surface area contributed by atoms with Gasteiger partial charge in [-0.05, 0) is 48.9 Å². The second-order valence-electron chi connectivity index (χ2n) is 5.79. The van der Waals surface area contributed by atoms with Crippen LogP contribution in [-0.4, -0.2) is 13.1 Å². The number of aryl methyl sites for hydroxylation is 1. The summed E-state index contributed by atoms with van der Waals surface area (Å²) in [5.41, 5.74) is 11.0. The Bertz CT molecular complexity index is 710. The molecule has 120 valence electrons. The normalized spacial score (nSPS) is 14.2. The van der Waals surface area contributed by atoms with E-state index in [-0.39, 0.29) is 0 Å². The maximum absolute atomic E-state index is 6.08. The maximum Gasteiger partial charge on any atom is 0.193 e. The van der Waals surface area contributed by atoms with Crippen LogP contribution in [0.4, 0.5) is 5.69 Å². The minimum absolute atomic E-state index is 0.440. The lowest BCUT2D eigenvalue weighted by atomic mass is 9.90. The van der Waals surface area contributed by atoms with Crippen molar-refractivity contribution in [3.05, 3.63) is 59.2 Å². The number of hydrogen-bond acceptors (Lipinski definition) is 2. The number of benzene rings is 2. The van der Waals surface area contributed by atoms with Gasteiger partial charge in [0.15, 0.2) is 5.96 Å². The lowest BCUT2D eigenvalue weighted by Gasteiger charge is -2.19. The van der Waals surface area contributed by atoms with Gasteiger partial charge in [-0.3, -0.25) is 0 Å². The highest BCUT2D eigenvalue weighted by Gasteiger charge is 2.13. The summed E-state index contributed by atoms with van der Waals surface area (Å²) in [5.74, 6) is 1.27. The first-order valence-corrected chi connectivity index (χ1v) is 8.07. The summed E-state index contributed by atoms with van der Waals surface area (Å²) in [5, 5.41) is 3.26. The van der Waals surface area contributed by atoms with Crippen molar-refractivity contribution in [2.24, 2.45) is 10.7 Å². The highest BCUT2D eigenvalue weighted by molar-refractivity contribution is 5.93. The fourth-order valence-corrected chi connectivity index (χ4v) is 3.08. The van der Waals surface area contributed by atoms with E-state index in [1.54, 1.807) is 7.11 Å². The summed E-state index contributed by atoms with van der Waals surface area (Å²) in [7, 11) is 1.67. The Kier molecular flexibility index (Phi) is 4.81. The van der Waals surface area contributed by atoms with E-state index in [0.717, 1.165) is 29.8 Å². The molecule has 2 aromatic carbocycles. The Labute approximate surface area is 137 Å². The standard InChI is InChI=1S/C19H23N3O/c1-23-18-12-5-3-8-15(18)13-21-19(20)22-17-11-6-9-14-7-2-4-10-16(14)17/h3,5-6,8-9,11-12H,2,4,7,10,13H2,1H3,(H3,20,21,22). The van der Waals surface area contributed by atoms with E-state index in [2.05, 4.69) is 28.5 Å². The molecular weight excluding hydrogens is 286 g/mol. The van der Waals surface area contributed by atoms with Crippen molar-refractivity contribution in [1.29, 1.82) is 0 Å². The number of aliphatic imine (C=N–C) groups is 1. The molecule has 0 bridgehead atoms. The number of ether oxygens (including phenoxy) is 1. The van der Waals surface area contributed by atoms with Crippen LogP contribution in [0.3, 0.4) is 0 Å². The third-order valence-corrected chi connectivity index (χ3v) is 4.27. The maximum atomic E-state index is 6.08. The van der Waals surface area contributed by atoms with Gasteiger partial charge in [0, 0.05) is 11.3 Å². The number of nitrogens with zero attached hydrogens (tertiary/aromatic N) is 1. The molecule has 1 aliphatic carbocycles. The second kappa shape index (κ2) is 7.18. The number of nitrogens with one attached hydrogen (secondary N) is 1. The predicted octanol–water partition coefficient (Wildman–Crippen LogP) is 3.50. The predicted molar refractivity (Wildman–Crippen MR) is 95.0 cm³/mol. The quantitative estimate of drug-likeness (QED) is 0.671. The van der Waals surface area contributed by atoms with E-state index in [1.165, 1.54) is 24.0 Å². The molecule has 0 fully saturated rings. The Morgan fingerprint density at radius 2 is 1.96 bits per heavy atom. The summed E-state index contributed by atoms with van der Waals surface area (Å²) in [6.45, 7) is 0.498. The van der Waals surface area contributed by atoms with E-state index >= 15 is 0 Å². The summed E-state index contributed by atoms with van der Waals surface area (Å²) in [6.07, 6.45) is 4.78. The van der Waals surface area contributed by atoms with E-state index in [9.17, 15) is 0 Å². The molecule has 0 saturated heterocycles. The fraction of sp³-hybridized carbons (Fsp3) is 0.316. The van der Waals surface area contributed by atoms with Gasteiger partial charge in [-0.15, -0.1) is 0 Å². The minimum atomic E-state index is 0.440. The highest BCUT2D eigenvalue weighted by Crippen LogP contribution is 2.27. The van der Waals surface area contributed by atoms with E-state index in [1.807, 2.05) is 24.3 Å². The fourth-order valence-electron chi connectivity index (χ4n) is 3.08. The smallest absolute Gasteiger partial charge is 0.193 e. The molecular formula is C19H23N3O. The lowest BCUT2D eigenvalue weighted by Crippen LogP contribution is -2.24. The first-order valence-electron chi connectivity index (χ1n) is 8.07. The van der Waals surface area contributed by atoms with Crippen LogP contribution >= 0.6 is 0 Å². The molecule has 0 spiro atoms. The number of anilines is 1. The molecule has 3 rings (SSSR count). The van der Waals surface area contributed by atoms with Gasteiger partial charge < -0.3 is 15.8 Å². The average molecular weight is 309 g/mol. The van der Waals surface area contributed by atoms with Crippen molar-refractivity contribution < 1.29 is 4.74 Å². The largest absolute Gasteiger partial charge is 0.496 e. The number of fused-ring (bicyclic) bond motifs is 1. The molecule has 4 nitrogen and oxygen atoms in total. The summed E-state index contributed by atoms with van der Waals surface area (Å²) in [4.78, 5) is 4.45. The van der Waals surface area contributed by atoms with E-state index in [0.29, 0.717) is 12.5 Å². The van der Waals surface area contributed by atoms with Gasteiger partial charge in [0.25, 0.3) is 0 Å². The average Bonchev–Trinajstić information content (AvgIpc) is 2.60. The molecule has 4 heteroatoms. The van der Waals surface area contributed by atoms with Gasteiger partial charge in [0.05, 0.1) is 13.7 Å². The van der Waals surface area contributed by atoms with Crippen LogP contribution in [-0.2, 0) is 19.4 Å². The van der Waals surface area contributed by atoms with Crippen LogP contribution in [0.15, 0.2) is 47.5 Å². The van der Waals surface area contributed by atoms with E-state index in [4.69, 9.17) is 10.5 Å². The highest BCUT2D eigenvalue weighted by atomic mass is 16.5. The zero-order valence-electron chi connectivity index (χ0n) is 13.5. The van der Waals surface area contributed by atoms with Crippen molar-refractivity contribution in [3.63, 3.8) is 0 Å². The van der Waals surface area contributed by atoms with Crippen LogP contribution in [0, 0.1) is 0 Å². The van der Waals surface area contributed by atoms with Crippen LogP contribution in [0.1, 0.15) is 29.5 Å². The van der Waals surface area contributed by atoms with Crippen LogP contribution < -0.4 is 15.8 Å². The Hall–Kier alpha value is -2.49. The monoisotopic (exact) mass is 309 g/mol. The van der Waals surface area contributed by atoms with Crippen molar-refractivity contribution in [3.8, 4) is 5.75 Å². The molecule has 1 aliphatic rings. The molecule has 0 saturated carbocycles. The zero-order valence-corrected chi connectivity index (χ0v) is 13.5. The lowest BCUT2D eigenvalue weighted by molar-refractivity contribution is 0.410. The molecule has 0 atom stereocenters. The Balaban J connectivity index is 1.73. The topological polar surface area (TPSA) is 59.6 Å². The molecule has 3 N–H and O–H groups in total. The number of guanidine groups is 1. The first-order chi connectivity index (χ1) is 11.3. The number of nitrogens with two attached hydrogens (primary N) is 1. The number of methoxy groups -OCH3 is 1. The molecule has 0 heterocycles. The number of rotatable bonds is 4. The van der Waals surface area contributed by atoms with Crippen molar-refractivity contribution >= 4 is 11.6 Å². The Morgan fingerprint density at radius 1 is 1.13 bits per heavy atom. The first kappa shape index (κ1) is 15.4. The Morgan fingerprint density at radius 3 is 2.83 bits per heavy atom. The van der Waals surface area contributed by atoms with Gasteiger partial charge in [-0.2, -0.15) is 0 Å². The third-order valence-electron chi connectivity index (χ3n) is 4.27. The summed E-state index contributed by atoms with van der Waals surface area (Å²) < 4.78 is 5.34.